The zero-order chi connectivity index (χ0) is 13.1. The van der Waals surface area contributed by atoms with E-state index in [1.807, 2.05) is 25.1 Å². The Kier molecular flexibility index (Phi) is 3.98. The van der Waals surface area contributed by atoms with Gasteiger partial charge in [-0.15, -0.1) is 11.3 Å². The van der Waals surface area contributed by atoms with E-state index in [1.54, 1.807) is 5.38 Å². The topological polar surface area (TPSA) is 68.0 Å². The van der Waals surface area contributed by atoms with Crippen molar-refractivity contribution >= 4 is 44.0 Å². The number of thiazole rings is 1. The molecule has 0 aliphatic carbocycles. The molecule has 0 bridgehead atoms. The van der Waals surface area contributed by atoms with Crippen molar-refractivity contribution in [2.24, 2.45) is 0 Å². The SMILES string of the molecule is Cc1cc(NC(=O)Cc2csc(N)n2)ccc1Br. The Labute approximate surface area is 117 Å². The highest BCUT2D eigenvalue weighted by Crippen LogP contribution is 2.20. The minimum atomic E-state index is -0.0953. The van der Waals surface area contributed by atoms with Crippen molar-refractivity contribution in [3.05, 3.63) is 39.3 Å². The molecule has 94 valence electrons. The standard InChI is InChI=1S/C12H12BrN3OS/c1-7-4-8(2-3-10(7)13)15-11(17)5-9-6-18-12(14)16-9/h2-4,6H,5H2,1H3,(H2,14,16)(H,15,17). The van der Waals surface area contributed by atoms with Gasteiger partial charge in [0.15, 0.2) is 5.13 Å². The molecule has 1 heterocycles. The number of amides is 1. The number of anilines is 2. The Bertz CT molecular complexity index is 582. The third kappa shape index (κ3) is 3.30. The lowest BCUT2D eigenvalue weighted by Crippen LogP contribution is -2.14. The predicted octanol–water partition coefficient (Wildman–Crippen LogP) is 2.98. The number of rotatable bonds is 3. The maximum Gasteiger partial charge on any atom is 0.230 e. The van der Waals surface area contributed by atoms with Crippen molar-refractivity contribution in [3.8, 4) is 0 Å². The van der Waals surface area contributed by atoms with Crippen molar-refractivity contribution < 1.29 is 4.79 Å². The van der Waals surface area contributed by atoms with E-state index in [4.69, 9.17) is 5.73 Å². The third-order valence-corrected chi connectivity index (χ3v) is 3.97. The summed E-state index contributed by atoms with van der Waals surface area (Å²) in [6.45, 7) is 1.97. The molecule has 2 aromatic rings. The summed E-state index contributed by atoms with van der Waals surface area (Å²) in [4.78, 5) is 15.8. The molecule has 1 aromatic carbocycles. The fraction of sp³-hybridized carbons (Fsp3) is 0.167. The van der Waals surface area contributed by atoms with E-state index >= 15 is 0 Å². The second-order valence-electron chi connectivity index (χ2n) is 3.87. The number of carbonyl (C=O) groups is 1. The fourth-order valence-electron chi connectivity index (χ4n) is 1.50. The largest absolute Gasteiger partial charge is 0.375 e. The maximum absolute atomic E-state index is 11.8. The summed E-state index contributed by atoms with van der Waals surface area (Å²) in [6, 6.07) is 5.67. The molecular weight excluding hydrogens is 314 g/mol. The molecule has 0 aliphatic rings. The Morgan fingerprint density at radius 2 is 2.33 bits per heavy atom. The summed E-state index contributed by atoms with van der Waals surface area (Å²) in [5.74, 6) is -0.0953. The molecule has 0 spiro atoms. The smallest absolute Gasteiger partial charge is 0.230 e. The van der Waals surface area contributed by atoms with Crippen molar-refractivity contribution in [2.45, 2.75) is 13.3 Å². The number of hydrogen-bond acceptors (Lipinski definition) is 4. The number of nitrogens with one attached hydrogen (secondary N) is 1. The normalized spacial score (nSPS) is 10.3. The lowest BCUT2D eigenvalue weighted by atomic mass is 10.2. The molecule has 0 saturated carbocycles. The molecule has 18 heavy (non-hydrogen) atoms. The van der Waals surface area contributed by atoms with Crippen LogP contribution in [-0.2, 0) is 11.2 Å². The molecule has 0 radical (unpaired) electrons. The first-order valence-electron chi connectivity index (χ1n) is 5.30. The van der Waals surface area contributed by atoms with E-state index in [2.05, 4.69) is 26.2 Å². The minimum absolute atomic E-state index is 0.0953. The second kappa shape index (κ2) is 5.49. The summed E-state index contributed by atoms with van der Waals surface area (Å²) in [5.41, 5.74) is 8.07. The highest BCUT2D eigenvalue weighted by atomic mass is 79.9. The molecule has 1 aromatic heterocycles. The molecule has 0 atom stereocenters. The summed E-state index contributed by atoms with van der Waals surface area (Å²) < 4.78 is 1.02. The molecule has 0 aliphatic heterocycles. The highest BCUT2D eigenvalue weighted by Gasteiger charge is 2.07. The van der Waals surface area contributed by atoms with E-state index in [0.29, 0.717) is 10.8 Å². The monoisotopic (exact) mass is 325 g/mol. The van der Waals surface area contributed by atoms with Crippen molar-refractivity contribution in [3.63, 3.8) is 0 Å². The maximum atomic E-state index is 11.8. The van der Waals surface area contributed by atoms with Crippen LogP contribution in [-0.4, -0.2) is 10.9 Å². The number of nitrogens with two attached hydrogens (primary N) is 1. The van der Waals surface area contributed by atoms with E-state index in [0.717, 1.165) is 15.7 Å². The van der Waals surface area contributed by atoms with E-state index in [1.165, 1.54) is 11.3 Å². The Hall–Kier alpha value is -1.40. The van der Waals surface area contributed by atoms with Gasteiger partial charge in [0.25, 0.3) is 0 Å². The van der Waals surface area contributed by atoms with Gasteiger partial charge >= 0.3 is 0 Å². The first-order valence-corrected chi connectivity index (χ1v) is 6.98. The number of aromatic nitrogens is 1. The first kappa shape index (κ1) is 13.0. The quantitative estimate of drug-likeness (QED) is 0.911. The van der Waals surface area contributed by atoms with Crippen LogP contribution in [0.15, 0.2) is 28.1 Å². The van der Waals surface area contributed by atoms with Crippen LogP contribution in [0, 0.1) is 6.92 Å². The van der Waals surface area contributed by atoms with Gasteiger partial charge in [-0.3, -0.25) is 4.79 Å². The summed E-state index contributed by atoms with van der Waals surface area (Å²) in [7, 11) is 0. The highest BCUT2D eigenvalue weighted by molar-refractivity contribution is 9.10. The van der Waals surface area contributed by atoms with Crippen LogP contribution < -0.4 is 11.1 Å². The molecule has 6 heteroatoms. The molecule has 1 amide bonds. The van der Waals surface area contributed by atoms with Gasteiger partial charge in [-0.25, -0.2) is 4.98 Å². The summed E-state index contributed by atoms with van der Waals surface area (Å²) in [5, 5.41) is 5.11. The molecule has 2 rings (SSSR count). The second-order valence-corrected chi connectivity index (χ2v) is 5.61. The van der Waals surface area contributed by atoms with Gasteiger partial charge < -0.3 is 11.1 Å². The van der Waals surface area contributed by atoms with E-state index in [-0.39, 0.29) is 12.3 Å². The number of hydrogen-bond donors (Lipinski definition) is 2. The van der Waals surface area contributed by atoms with Crippen LogP contribution in [0.3, 0.4) is 0 Å². The average Bonchev–Trinajstić information content (AvgIpc) is 2.69. The zero-order valence-corrected chi connectivity index (χ0v) is 12.1. The number of nitrogen functional groups attached to an aromatic ring is 1. The van der Waals surface area contributed by atoms with Crippen molar-refractivity contribution in [1.82, 2.24) is 4.98 Å². The van der Waals surface area contributed by atoms with E-state index in [9.17, 15) is 4.79 Å². The average molecular weight is 326 g/mol. The Balaban J connectivity index is 2.00. The summed E-state index contributed by atoms with van der Waals surface area (Å²) >= 11 is 4.75. The van der Waals surface area contributed by atoms with Crippen LogP contribution in [0.1, 0.15) is 11.3 Å². The number of halogens is 1. The number of benzene rings is 1. The first-order chi connectivity index (χ1) is 8.54. The molecule has 0 unspecified atom stereocenters. The lowest BCUT2D eigenvalue weighted by molar-refractivity contribution is -0.115. The zero-order valence-electron chi connectivity index (χ0n) is 9.74. The van der Waals surface area contributed by atoms with Crippen LogP contribution in [0.5, 0.6) is 0 Å². The minimum Gasteiger partial charge on any atom is -0.375 e. The van der Waals surface area contributed by atoms with Gasteiger partial charge in [0.05, 0.1) is 12.1 Å². The molecule has 4 nitrogen and oxygen atoms in total. The van der Waals surface area contributed by atoms with Crippen LogP contribution in [0.25, 0.3) is 0 Å². The Morgan fingerprint density at radius 3 is 2.94 bits per heavy atom. The van der Waals surface area contributed by atoms with Crippen LogP contribution in [0.4, 0.5) is 10.8 Å². The molecular formula is C12H12BrN3OS. The van der Waals surface area contributed by atoms with Gasteiger partial charge in [0, 0.05) is 15.5 Å². The van der Waals surface area contributed by atoms with Crippen molar-refractivity contribution in [1.29, 1.82) is 0 Å². The molecule has 0 fully saturated rings. The summed E-state index contributed by atoms with van der Waals surface area (Å²) in [6.07, 6.45) is 0.239. The van der Waals surface area contributed by atoms with Crippen LogP contribution >= 0.6 is 27.3 Å². The number of carbonyl (C=O) groups excluding carboxylic acids is 1. The molecule has 0 saturated heterocycles. The predicted molar refractivity (Wildman–Crippen MR) is 77.7 cm³/mol. The van der Waals surface area contributed by atoms with Gasteiger partial charge in [0.1, 0.15) is 0 Å². The van der Waals surface area contributed by atoms with Crippen LogP contribution in [0.2, 0.25) is 0 Å². The molecule has 3 N–H and O–H groups in total. The number of aryl methyl sites for hydroxylation is 1. The number of nitrogens with zero attached hydrogens (tertiary/aromatic N) is 1. The van der Waals surface area contributed by atoms with Gasteiger partial charge in [0.2, 0.25) is 5.91 Å². The van der Waals surface area contributed by atoms with Gasteiger partial charge in [-0.05, 0) is 30.7 Å². The van der Waals surface area contributed by atoms with E-state index < -0.39 is 0 Å². The Morgan fingerprint density at radius 1 is 1.56 bits per heavy atom. The van der Waals surface area contributed by atoms with Crippen molar-refractivity contribution in [2.75, 3.05) is 11.1 Å². The lowest BCUT2D eigenvalue weighted by Gasteiger charge is -2.06. The van der Waals surface area contributed by atoms with Gasteiger partial charge in [-0.2, -0.15) is 0 Å². The third-order valence-electron chi connectivity index (χ3n) is 2.35. The van der Waals surface area contributed by atoms with Gasteiger partial charge in [-0.1, -0.05) is 15.9 Å². The fourth-order valence-corrected chi connectivity index (χ4v) is 2.31.